The standard InChI is InChI=1S/C7H14O8/c1-14-5-3(9)4(10)7(12,13)6(11,2-8)15-5/h3-5,8-13H,2H2,1H3/t3-,4+,5-,6?/m0/s1. The number of aliphatic hydroxyl groups excluding tert-OH is 3. The summed E-state index contributed by atoms with van der Waals surface area (Å²) >= 11 is 0. The van der Waals surface area contributed by atoms with Crippen LogP contribution in [0.2, 0.25) is 0 Å². The molecule has 6 N–H and O–H groups in total. The second kappa shape index (κ2) is 3.92. The van der Waals surface area contributed by atoms with Crippen LogP contribution in [0.3, 0.4) is 0 Å². The normalized spacial score (nSPS) is 45.4. The topological polar surface area (TPSA) is 140 Å². The molecule has 0 bridgehead atoms. The molecular weight excluding hydrogens is 212 g/mol. The molecule has 0 aromatic heterocycles. The Labute approximate surface area is 84.9 Å². The monoisotopic (exact) mass is 226 g/mol. The van der Waals surface area contributed by atoms with Crippen LogP contribution in [-0.2, 0) is 9.47 Å². The number of rotatable bonds is 2. The first-order valence-corrected chi connectivity index (χ1v) is 4.15. The lowest BCUT2D eigenvalue weighted by atomic mass is 9.92. The van der Waals surface area contributed by atoms with Gasteiger partial charge in [-0.1, -0.05) is 0 Å². The lowest BCUT2D eigenvalue weighted by Gasteiger charge is -2.48. The number of methoxy groups -OCH3 is 1. The molecule has 0 radical (unpaired) electrons. The quantitative estimate of drug-likeness (QED) is 0.262. The number of hydrogen-bond acceptors (Lipinski definition) is 8. The van der Waals surface area contributed by atoms with Gasteiger partial charge in [0.2, 0.25) is 5.79 Å². The van der Waals surface area contributed by atoms with Crippen molar-refractivity contribution in [2.24, 2.45) is 0 Å². The Balaban J connectivity index is 3.01. The summed E-state index contributed by atoms with van der Waals surface area (Å²) in [6, 6.07) is 0. The summed E-state index contributed by atoms with van der Waals surface area (Å²) in [4.78, 5) is 0. The van der Waals surface area contributed by atoms with Gasteiger partial charge in [-0.3, -0.25) is 0 Å². The second-order valence-corrected chi connectivity index (χ2v) is 3.33. The predicted octanol–water partition coefficient (Wildman–Crippen LogP) is -3.93. The first-order valence-electron chi connectivity index (χ1n) is 4.15. The van der Waals surface area contributed by atoms with Crippen LogP contribution in [0.4, 0.5) is 0 Å². The summed E-state index contributed by atoms with van der Waals surface area (Å²) < 4.78 is 9.08. The fourth-order valence-corrected chi connectivity index (χ4v) is 1.31. The van der Waals surface area contributed by atoms with Gasteiger partial charge in [0, 0.05) is 7.11 Å². The van der Waals surface area contributed by atoms with E-state index in [0.717, 1.165) is 7.11 Å². The van der Waals surface area contributed by atoms with Gasteiger partial charge in [-0.25, -0.2) is 0 Å². The van der Waals surface area contributed by atoms with E-state index >= 15 is 0 Å². The summed E-state index contributed by atoms with van der Waals surface area (Å²) in [6.07, 6.45) is -5.39. The van der Waals surface area contributed by atoms with Crippen molar-refractivity contribution in [1.29, 1.82) is 0 Å². The third-order valence-corrected chi connectivity index (χ3v) is 2.35. The van der Waals surface area contributed by atoms with Crippen molar-refractivity contribution < 1.29 is 40.1 Å². The minimum Gasteiger partial charge on any atom is -0.391 e. The number of hydrogen-bond donors (Lipinski definition) is 6. The molecule has 0 aromatic carbocycles. The van der Waals surface area contributed by atoms with E-state index in [1.807, 2.05) is 0 Å². The minimum absolute atomic E-state index is 1.11. The zero-order valence-corrected chi connectivity index (χ0v) is 7.94. The largest absolute Gasteiger partial charge is 0.391 e. The predicted molar refractivity (Wildman–Crippen MR) is 43.1 cm³/mol. The van der Waals surface area contributed by atoms with Gasteiger partial charge in [-0.2, -0.15) is 0 Å². The lowest BCUT2D eigenvalue weighted by Crippen LogP contribution is -2.74. The zero-order valence-electron chi connectivity index (χ0n) is 7.94. The summed E-state index contributed by atoms with van der Waals surface area (Å²) in [5.41, 5.74) is 0. The molecule has 1 saturated heterocycles. The fourth-order valence-electron chi connectivity index (χ4n) is 1.31. The molecule has 1 fully saturated rings. The molecule has 0 spiro atoms. The van der Waals surface area contributed by atoms with Crippen LogP contribution in [0, 0.1) is 0 Å². The van der Waals surface area contributed by atoms with Crippen molar-refractivity contribution in [3.05, 3.63) is 0 Å². The lowest BCUT2D eigenvalue weighted by molar-refractivity contribution is -0.474. The molecule has 1 aliphatic heterocycles. The molecule has 1 heterocycles. The molecule has 0 aliphatic carbocycles. The third-order valence-electron chi connectivity index (χ3n) is 2.35. The van der Waals surface area contributed by atoms with Gasteiger partial charge in [-0.05, 0) is 0 Å². The first-order chi connectivity index (χ1) is 6.80. The van der Waals surface area contributed by atoms with Crippen molar-refractivity contribution in [2.75, 3.05) is 13.7 Å². The van der Waals surface area contributed by atoms with Crippen LogP contribution < -0.4 is 0 Å². The van der Waals surface area contributed by atoms with Crippen LogP contribution in [0.25, 0.3) is 0 Å². The molecule has 0 saturated carbocycles. The van der Waals surface area contributed by atoms with Gasteiger partial charge >= 0.3 is 0 Å². The van der Waals surface area contributed by atoms with E-state index in [4.69, 9.17) is 5.11 Å². The van der Waals surface area contributed by atoms with E-state index in [2.05, 4.69) is 9.47 Å². The smallest absolute Gasteiger partial charge is 0.250 e. The molecule has 1 unspecified atom stereocenters. The minimum atomic E-state index is -3.20. The molecule has 8 heteroatoms. The highest BCUT2D eigenvalue weighted by Gasteiger charge is 2.63. The van der Waals surface area contributed by atoms with Crippen molar-refractivity contribution >= 4 is 0 Å². The Kier molecular flexibility index (Phi) is 3.33. The molecule has 0 aromatic rings. The maximum absolute atomic E-state index is 9.47. The fraction of sp³-hybridized carbons (Fsp3) is 1.00. The Bertz CT molecular complexity index is 231. The van der Waals surface area contributed by atoms with Crippen LogP contribution in [0.5, 0.6) is 0 Å². The van der Waals surface area contributed by atoms with Gasteiger partial charge in [0.1, 0.15) is 18.8 Å². The van der Waals surface area contributed by atoms with Crippen molar-refractivity contribution in [3.63, 3.8) is 0 Å². The summed E-state index contributed by atoms with van der Waals surface area (Å²) in [6.45, 7) is -1.19. The van der Waals surface area contributed by atoms with Gasteiger partial charge in [-0.15, -0.1) is 0 Å². The molecule has 90 valence electrons. The van der Waals surface area contributed by atoms with Crippen molar-refractivity contribution in [1.82, 2.24) is 0 Å². The average Bonchev–Trinajstić information content (AvgIpc) is 2.21. The Hall–Kier alpha value is -0.320. The van der Waals surface area contributed by atoms with Crippen LogP contribution in [0.1, 0.15) is 0 Å². The maximum atomic E-state index is 9.47. The van der Waals surface area contributed by atoms with E-state index in [1.165, 1.54) is 0 Å². The van der Waals surface area contributed by atoms with Crippen molar-refractivity contribution in [3.8, 4) is 0 Å². The zero-order chi connectivity index (χ0) is 11.9. The Morgan fingerprint density at radius 2 is 1.80 bits per heavy atom. The van der Waals surface area contributed by atoms with E-state index in [0.29, 0.717) is 0 Å². The molecule has 0 amide bonds. The van der Waals surface area contributed by atoms with Gasteiger partial charge in [0.25, 0.3) is 5.79 Å². The van der Waals surface area contributed by atoms with Crippen LogP contribution in [0.15, 0.2) is 0 Å². The Morgan fingerprint density at radius 3 is 2.20 bits per heavy atom. The highest BCUT2D eigenvalue weighted by molar-refractivity contribution is 4.98. The highest BCUT2D eigenvalue weighted by atomic mass is 16.8. The third kappa shape index (κ3) is 1.75. The van der Waals surface area contributed by atoms with E-state index < -0.39 is 36.7 Å². The van der Waals surface area contributed by atoms with E-state index in [9.17, 15) is 25.5 Å². The summed E-state index contributed by atoms with van der Waals surface area (Å²) in [7, 11) is 1.11. The number of ether oxygens (including phenoxy) is 2. The summed E-state index contributed by atoms with van der Waals surface area (Å²) in [5.74, 6) is -6.03. The molecular formula is C7H14O8. The van der Waals surface area contributed by atoms with Crippen LogP contribution in [-0.4, -0.2) is 74.4 Å². The van der Waals surface area contributed by atoms with E-state index in [-0.39, 0.29) is 0 Å². The summed E-state index contributed by atoms with van der Waals surface area (Å²) in [5, 5.41) is 55.4. The van der Waals surface area contributed by atoms with Gasteiger partial charge in [0.05, 0.1) is 0 Å². The van der Waals surface area contributed by atoms with E-state index in [1.54, 1.807) is 0 Å². The number of aliphatic hydroxyl groups is 6. The second-order valence-electron chi connectivity index (χ2n) is 3.33. The molecule has 1 aliphatic rings. The van der Waals surface area contributed by atoms with Gasteiger partial charge < -0.3 is 40.1 Å². The molecule has 4 atom stereocenters. The maximum Gasteiger partial charge on any atom is 0.250 e. The Morgan fingerprint density at radius 1 is 1.27 bits per heavy atom. The van der Waals surface area contributed by atoms with Gasteiger partial charge in [0.15, 0.2) is 6.29 Å². The average molecular weight is 226 g/mol. The molecule has 15 heavy (non-hydrogen) atoms. The first kappa shape index (κ1) is 12.7. The van der Waals surface area contributed by atoms with Crippen LogP contribution >= 0.6 is 0 Å². The SMILES string of the molecule is CO[C@H]1OC(O)(CO)C(O)(O)[C@H](O)[C@@H]1O. The molecule has 8 nitrogen and oxygen atoms in total. The highest BCUT2D eigenvalue weighted by Crippen LogP contribution is 2.34. The van der Waals surface area contributed by atoms with Crippen molar-refractivity contribution in [2.45, 2.75) is 30.1 Å². The molecule has 1 rings (SSSR count).